The van der Waals surface area contributed by atoms with Crippen LogP contribution in [0.2, 0.25) is 0 Å². The smallest absolute Gasteiger partial charge is 0.306 e. The molecule has 1 unspecified atom stereocenters. The summed E-state index contributed by atoms with van der Waals surface area (Å²) in [5.74, 6) is 0.450. The predicted molar refractivity (Wildman–Crippen MR) is 116 cm³/mol. The minimum atomic E-state index is -0.336. The molecule has 2 aromatic rings. The van der Waals surface area contributed by atoms with Crippen molar-refractivity contribution in [3.05, 3.63) is 28.6 Å². The second-order valence-corrected chi connectivity index (χ2v) is 8.39. The summed E-state index contributed by atoms with van der Waals surface area (Å²) < 4.78 is 22.9. The zero-order valence-electron chi connectivity index (χ0n) is 17.7. The van der Waals surface area contributed by atoms with Gasteiger partial charge in [-0.15, -0.1) is 11.3 Å². The first kappa shape index (κ1) is 22.7. The van der Waals surface area contributed by atoms with E-state index in [1.54, 1.807) is 14.0 Å². The molecule has 30 heavy (non-hydrogen) atoms. The molecule has 2 heterocycles. The molecule has 3 rings (SSSR count). The molecule has 1 saturated heterocycles. The molecule has 0 saturated carbocycles. The topological polar surface area (TPSA) is 71.1 Å². The van der Waals surface area contributed by atoms with E-state index in [9.17, 15) is 9.59 Å². The Bertz CT molecular complexity index is 853. The minimum Gasteiger partial charge on any atom is -0.496 e. The lowest BCUT2D eigenvalue weighted by Crippen LogP contribution is -2.22. The van der Waals surface area contributed by atoms with E-state index in [4.69, 9.17) is 18.9 Å². The van der Waals surface area contributed by atoms with Crippen LogP contribution in [0, 0.1) is 0 Å². The standard InChI is InChI=1S/C23H30O6S/c1-3-27-22(25)10-9-18(24)21-14-17-13-16(19(26-2)15-20(17)30-21)7-6-12-29-23-8-4-5-11-28-23/h13-15,23H,3-12H2,1-2H3. The monoisotopic (exact) mass is 434 g/mol. The van der Waals surface area contributed by atoms with Crippen LogP contribution in [0.4, 0.5) is 0 Å². The van der Waals surface area contributed by atoms with Gasteiger partial charge in [0.05, 0.1) is 31.6 Å². The third-order valence-corrected chi connectivity index (χ3v) is 6.23. The molecule has 0 N–H and O–H groups in total. The average Bonchev–Trinajstić information content (AvgIpc) is 3.18. The van der Waals surface area contributed by atoms with E-state index < -0.39 is 0 Å². The molecule has 7 heteroatoms. The van der Waals surface area contributed by atoms with Gasteiger partial charge in [0, 0.05) is 17.7 Å². The number of esters is 1. The van der Waals surface area contributed by atoms with Gasteiger partial charge < -0.3 is 18.9 Å². The molecule has 1 aliphatic rings. The summed E-state index contributed by atoms with van der Waals surface area (Å²) in [6, 6.07) is 5.98. The Labute approximate surface area is 181 Å². The molecule has 164 valence electrons. The SMILES string of the molecule is CCOC(=O)CCC(=O)c1cc2cc(CCCOC3CCCCO3)c(OC)cc2s1. The molecule has 0 radical (unpaired) electrons. The summed E-state index contributed by atoms with van der Waals surface area (Å²) in [6.07, 6.45) is 5.15. The number of methoxy groups -OCH3 is 1. The van der Waals surface area contributed by atoms with E-state index in [1.807, 2.05) is 12.1 Å². The Kier molecular flexibility index (Phi) is 8.66. The molecule has 1 aromatic heterocycles. The van der Waals surface area contributed by atoms with Gasteiger partial charge in [-0.25, -0.2) is 0 Å². The summed E-state index contributed by atoms with van der Waals surface area (Å²) in [6.45, 7) is 3.52. The number of ketones is 1. The molecule has 1 atom stereocenters. The van der Waals surface area contributed by atoms with Gasteiger partial charge >= 0.3 is 5.97 Å². The average molecular weight is 435 g/mol. The van der Waals surface area contributed by atoms with Crippen LogP contribution in [-0.4, -0.2) is 45.0 Å². The van der Waals surface area contributed by atoms with Gasteiger partial charge in [-0.2, -0.15) is 0 Å². The number of Topliss-reactive ketones (excluding diaryl/α,β-unsaturated/α-hetero) is 1. The number of hydrogen-bond acceptors (Lipinski definition) is 7. The van der Waals surface area contributed by atoms with E-state index in [-0.39, 0.29) is 30.9 Å². The summed E-state index contributed by atoms with van der Waals surface area (Å²) >= 11 is 1.43. The summed E-state index contributed by atoms with van der Waals surface area (Å²) in [5, 5.41) is 1.02. The number of thiophene rings is 1. The number of ether oxygens (including phenoxy) is 4. The fourth-order valence-corrected chi connectivity index (χ4v) is 4.57. The summed E-state index contributed by atoms with van der Waals surface area (Å²) in [5.41, 5.74) is 1.10. The molecular formula is C23H30O6S. The molecule has 6 nitrogen and oxygen atoms in total. The highest BCUT2D eigenvalue weighted by molar-refractivity contribution is 7.20. The van der Waals surface area contributed by atoms with Crippen molar-refractivity contribution in [2.24, 2.45) is 0 Å². The minimum absolute atomic E-state index is 0.0364. The second-order valence-electron chi connectivity index (χ2n) is 7.31. The molecule has 1 aromatic carbocycles. The van der Waals surface area contributed by atoms with Crippen molar-refractivity contribution in [3.8, 4) is 5.75 Å². The van der Waals surface area contributed by atoms with Crippen LogP contribution in [0.3, 0.4) is 0 Å². The highest BCUT2D eigenvalue weighted by Crippen LogP contribution is 2.33. The lowest BCUT2D eigenvalue weighted by Gasteiger charge is -2.22. The van der Waals surface area contributed by atoms with Gasteiger partial charge in [0.15, 0.2) is 12.1 Å². The van der Waals surface area contributed by atoms with Gasteiger partial charge in [0.25, 0.3) is 0 Å². The Balaban J connectivity index is 1.59. The molecule has 1 fully saturated rings. The van der Waals surface area contributed by atoms with Crippen molar-refractivity contribution >= 4 is 33.2 Å². The number of benzene rings is 1. The zero-order chi connectivity index (χ0) is 21.3. The number of hydrogen-bond donors (Lipinski definition) is 0. The first-order valence-electron chi connectivity index (χ1n) is 10.6. The van der Waals surface area contributed by atoms with Crippen molar-refractivity contribution < 1.29 is 28.5 Å². The zero-order valence-corrected chi connectivity index (χ0v) is 18.6. The Morgan fingerprint density at radius 1 is 1.20 bits per heavy atom. The van der Waals surface area contributed by atoms with Crippen molar-refractivity contribution in [2.45, 2.75) is 58.2 Å². The number of rotatable bonds is 11. The third kappa shape index (κ3) is 6.27. The van der Waals surface area contributed by atoms with Crippen LogP contribution in [0.15, 0.2) is 18.2 Å². The first-order chi connectivity index (χ1) is 14.6. The number of aryl methyl sites for hydroxylation is 1. The maximum Gasteiger partial charge on any atom is 0.306 e. The summed E-state index contributed by atoms with van der Waals surface area (Å²) in [4.78, 5) is 24.6. The van der Waals surface area contributed by atoms with Crippen molar-refractivity contribution in [2.75, 3.05) is 26.9 Å². The van der Waals surface area contributed by atoms with Gasteiger partial charge in [0.2, 0.25) is 0 Å². The van der Waals surface area contributed by atoms with Crippen LogP contribution in [-0.2, 0) is 25.4 Å². The Morgan fingerprint density at radius 3 is 2.80 bits per heavy atom. The maximum atomic E-state index is 12.5. The van der Waals surface area contributed by atoms with Crippen LogP contribution in [0.25, 0.3) is 10.1 Å². The molecule has 1 aliphatic heterocycles. The number of carbonyl (C=O) groups excluding carboxylic acids is 2. The van der Waals surface area contributed by atoms with E-state index in [0.29, 0.717) is 18.1 Å². The predicted octanol–water partition coefficient (Wildman–Crippen LogP) is 4.91. The lowest BCUT2D eigenvalue weighted by molar-refractivity contribution is -0.162. The molecule has 0 spiro atoms. The lowest BCUT2D eigenvalue weighted by atomic mass is 10.1. The molecule has 0 aliphatic carbocycles. The second kappa shape index (κ2) is 11.4. The molecular weight excluding hydrogens is 404 g/mol. The number of fused-ring (bicyclic) bond motifs is 1. The van der Waals surface area contributed by atoms with Crippen molar-refractivity contribution in [1.29, 1.82) is 0 Å². The highest BCUT2D eigenvalue weighted by Gasteiger charge is 2.16. The normalized spacial score (nSPS) is 16.5. The highest BCUT2D eigenvalue weighted by atomic mass is 32.1. The Morgan fingerprint density at radius 2 is 2.07 bits per heavy atom. The van der Waals surface area contributed by atoms with E-state index in [2.05, 4.69) is 6.07 Å². The van der Waals surface area contributed by atoms with Gasteiger partial charge in [0.1, 0.15) is 5.75 Å². The van der Waals surface area contributed by atoms with Crippen LogP contribution in [0.1, 0.15) is 60.7 Å². The van der Waals surface area contributed by atoms with Crippen LogP contribution in [0.5, 0.6) is 5.75 Å². The van der Waals surface area contributed by atoms with E-state index in [1.165, 1.54) is 11.3 Å². The molecule has 0 amide bonds. The van der Waals surface area contributed by atoms with Crippen LogP contribution < -0.4 is 4.74 Å². The fourth-order valence-electron chi connectivity index (χ4n) is 3.53. The number of carbonyl (C=O) groups is 2. The largest absolute Gasteiger partial charge is 0.496 e. The maximum absolute atomic E-state index is 12.5. The van der Waals surface area contributed by atoms with Gasteiger partial charge in [-0.3, -0.25) is 9.59 Å². The summed E-state index contributed by atoms with van der Waals surface area (Å²) in [7, 11) is 1.66. The van der Waals surface area contributed by atoms with Crippen molar-refractivity contribution in [1.82, 2.24) is 0 Å². The quantitative estimate of drug-likeness (QED) is 0.284. The molecule has 0 bridgehead atoms. The third-order valence-electron chi connectivity index (χ3n) is 5.09. The van der Waals surface area contributed by atoms with Gasteiger partial charge in [-0.05, 0) is 68.2 Å². The van der Waals surface area contributed by atoms with E-state index in [0.717, 1.165) is 60.1 Å². The van der Waals surface area contributed by atoms with Crippen molar-refractivity contribution in [3.63, 3.8) is 0 Å². The van der Waals surface area contributed by atoms with Gasteiger partial charge in [-0.1, -0.05) is 0 Å². The fraction of sp³-hybridized carbons (Fsp3) is 0.565. The Hall–Kier alpha value is -1.96. The van der Waals surface area contributed by atoms with E-state index >= 15 is 0 Å². The van der Waals surface area contributed by atoms with Crippen LogP contribution >= 0.6 is 11.3 Å². The first-order valence-corrected chi connectivity index (χ1v) is 11.4.